The maximum atomic E-state index is 14.3. The van der Waals surface area contributed by atoms with Gasteiger partial charge in [0.2, 0.25) is 5.91 Å². The zero-order chi connectivity index (χ0) is 36.3. The Kier molecular flexibility index (Phi) is 11.0. The largest absolute Gasteiger partial charge is 0.466 e. The van der Waals surface area contributed by atoms with Gasteiger partial charge < -0.3 is 28.6 Å². The van der Waals surface area contributed by atoms with Gasteiger partial charge in [-0.05, 0) is 95.0 Å². The summed E-state index contributed by atoms with van der Waals surface area (Å²) in [6, 6.07) is 16.9. The van der Waals surface area contributed by atoms with E-state index in [0.29, 0.717) is 65.4 Å². The van der Waals surface area contributed by atoms with Crippen molar-refractivity contribution in [2.45, 2.75) is 85.3 Å². The van der Waals surface area contributed by atoms with E-state index in [4.69, 9.17) is 19.2 Å². The van der Waals surface area contributed by atoms with E-state index in [1.165, 1.54) is 0 Å². The van der Waals surface area contributed by atoms with Gasteiger partial charge in [0.15, 0.2) is 0 Å². The number of piperazine rings is 1. The summed E-state index contributed by atoms with van der Waals surface area (Å²) in [5.41, 5.74) is 6.78. The molecule has 0 radical (unpaired) electrons. The van der Waals surface area contributed by atoms with Crippen LogP contribution in [0.5, 0.6) is 0 Å². The smallest absolute Gasteiger partial charge is 0.410 e. The Balaban J connectivity index is 1.25. The molecule has 10 heteroatoms. The highest BCUT2D eigenvalue weighted by Crippen LogP contribution is 2.36. The zero-order valence-corrected chi connectivity index (χ0v) is 31.0. The number of benzene rings is 2. The van der Waals surface area contributed by atoms with Crippen molar-refractivity contribution in [3.05, 3.63) is 76.5 Å². The topological polar surface area (TPSA) is 103 Å². The number of carbonyl (C=O) groups excluding carboxylic acids is 3. The first-order valence-corrected chi connectivity index (χ1v) is 18.4. The third kappa shape index (κ3) is 8.06. The van der Waals surface area contributed by atoms with Gasteiger partial charge in [-0.3, -0.25) is 9.59 Å². The molecule has 4 aromatic rings. The molecular formula is C41H52N4O6. The van der Waals surface area contributed by atoms with E-state index in [9.17, 15) is 14.4 Å². The fourth-order valence-corrected chi connectivity index (χ4v) is 7.72. The van der Waals surface area contributed by atoms with Crippen LogP contribution in [-0.2, 0) is 36.8 Å². The Morgan fingerprint density at radius 3 is 2.27 bits per heavy atom. The fourth-order valence-electron chi connectivity index (χ4n) is 7.72. The normalized spacial score (nSPS) is 16.4. The van der Waals surface area contributed by atoms with E-state index < -0.39 is 5.60 Å². The van der Waals surface area contributed by atoms with Gasteiger partial charge in [0, 0.05) is 68.8 Å². The van der Waals surface area contributed by atoms with Crippen molar-refractivity contribution < 1.29 is 28.6 Å². The molecule has 0 aliphatic carbocycles. The number of fused-ring (bicyclic) bond motifs is 3. The van der Waals surface area contributed by atoms with Crippen LogP contribution in [0.3, 0.4) is 0 Å². The van der Waals surface area contributed by atoms with Crippen molar-refractivity contribution >= 4 is 39.9 Å². The molecule has 6 rings (SSSR count). The van der Waals surface area contributed by atoms with Crippen molar-refractivity contribution in [2.24, 2.45) is 5.92 Å². The number of para-hydroxylation sites is 1. The van der Waals surface area contributed by atoms with Gasteiger partial charge in [0.25, 0.3) is 0 Å². The molecule has 2 aromatic heterocycles. The van der Waals surface area contributed by atoms with E-state index in [-0.39, 0.29) is 29.8 Å². The van der Waals surface area contributed by atoms with Gasteiger partial charge in [0.1, 0.15) is 11.2 Å². The van der Waals surface area contributed by atoms with E-state index in [2.05, 4.69) is 60.0 Å². The van der Waals surface area contributed by atoms with Crippen molar-refractivity contribution in [3.8, 4) is 0 Å². The lowest BCUT2D eigenvalue weighted by Gasteiger charge is -2.39. The van der Waals surface area contributed by atoms with Gasteiger partial charge in [-0.1, -0.05) is 42.5 Å². The minimum atomic E-state index is -0.559. The molecule has 1 atom stereocenters. The van der Waals surface area contributed by atoms with Crippen molar-refractivity contribution in [3.63, 3.8) is 0 Å². The number of rotatable bonds is 9. The lowest BCUT2D eigenvalue weighted by molar-refractivity contribution is -0.143. The third-order valence-electron chi connectivity index (χ3n) is 10.3. The molecule has 1 unspecified atom stereocenters. The average Bonchev–Trinajstić information content (AvgIpc) is 3.41. The van der Waals surface area contributed by atoms with Crippen LogP contribution in [0.2, 0.25) is 0 Å². The molecular weight excluding hydrogens is 644 g/mol. The van der Waals surface area contributed by atoms with Crippen LogP contribution in [-0.4, -0.2) is 88.9 Å². The molecule has 0 spiro atoms. The summed E-state index contributed by atoms with van der Waals surface area (Å²) in [6.45, 7) is 15.8. The first-order valence-electron chi connectivity index (χ1n) is 18.4. The number of amides is 2. The number of aromatic nitrogens is 2. The maximum Gasteiger partial charge on any atom is 0.410 e. The summed E-state index contributed by atoms with van der Waals surface area (Å²) < 4.78 is 18.7. The molecule has 0 saturated carbocycles. The molecule has 2 aromatic carbocycles. The second kappa shape index (κ2) is 15.4. The summed E-state index contributed by atoms with van der Waals surface area (Å²) >= 11 is 0. The SMILES string of the molecule is CCOC(=O)CCc1c(C)nc2c(c1C)c1ccccc1n2Cc1ccc(C(C(=O)N2CCN(C(=O)OC(C)(C)C)CC2)C2CCOCC2)cc1. The molecule has 10 nitrogen and oxygen atoms in total. The van der Waals surface area contributed by atoms with E-state index >= 15 is 0 Å². The van der Waals surface area contributed by atoms with Crippen LogP contribution in [0.1, 0.15) is 80.8 Å². The molecule has 0 bridgehead atoms. The molecule has 2 saturated heterocycles. The summed E-state index contributed by atoms with van der Waals surface area (Å²) in [5.74, 6) is -0.158. The molecule has 51 heavy (non-hydrogen) atoms. The Labute approximate surface area is 301 Å². The van der Waals surface area contributed by atoms with Crippen LogP contribution in [0.25, 0.3) is 21.9 Å². The summed E-state index contributed by atoms with van der Waals surface area (Å²) in [6.07, 6.45) is 2.26. The molecule has 272 valence electrons. The first-order chi connectivity index (χ1) is 24.4. The second-order valence-corrected chi connectivity index (χ2v) is 14.9. The number of aryl methyl sites for hydroxylation is 2. The number of hydrogen-bond donors (Lipinski definition) is 0. The molecule has 2 amide bonds. The molecule has 2 aliphatic heterocycles. The van der Waals surface area contributed by atoms with Gasteiger partial charge in [-0.2, -0.15) is 0 Å². The second-order valence-electron chi connectivity index (χ2n) is 14.9. The highest BCUT2D eigenvalue weighted by atomic mass is 16.6. The molecule has 4 heterocycles. The molecule has 2 aliphatic rings. The minimum Gasteiger partial charge on any atom is -0.466 e. The number of esters is 1. The summed E-state index contributed by atoms with van der Waals surface area (Å²) in [4.78, 5) is 47.8. The van der Waals surface area contributed by atoms with Crippen LogP contribution in [0.4, 0.5) is 4.79 Å². The number of ether oxygens (including phenoxy) is 3. The van der Waals surface area contributed by atoms with Crippen LogP contribution < -0.4 is 0 Å². The highest BCUT2D eigenvalue weighted by Gasteiger charge is 2.36. The number of nitrogens with zero attached hydrogens (tertiary/aromatic N) is 4. The van der Waals surface area contributed by atoms with E-state index in [1.807, 2.05) is 39.5 Å². The van der Waals surface area contributed by atoms with E-state index in [0.717, 1.165) is 62.7 Å². The molecule has 0 N–H and O–H groups in total. The fraction of sp³-hybridized carbons (Fsp3) is 0.512. The predicted molar refractivity (Wildman–Crippen MR) is 198 cm³/mol. The van der Waals surface area contributed by atoms with Gasteiger partial charge in [-0.25, -0.2) is 9.78 Å². The van der Waals surface area contributed by atoms with Gasteiger partial charge in [-0.15, -0.1) is 0 Å². The Hall–Kier alpha value is -4.44. The highest BCUT2D eigenvalue weighted by molar-refractivity contribution is 6.08. The number of hydrogen-bond acceptors (Lipinski definition) is 7. The number of carbonyl (C=O) groups is 3. The Morgan fingerprint density at radius 2 is 1.61 bits per heavy atom. The quantitative estimate of drug-likeness (QED) is 0.175. The van der Waals surface area contributed by atoms with Crippen molar-refractivity contribution in [1.82, 2.24) is 19.4 Å². The number of pyridine rings is 1. The Morgan fingerprint density at radius 1 is 0.941 bits per heavy atom. The minimum absolute atomic E-state index is 0.120. The average molecular weight is 697 g/mol. The lowest BCUT2D eigenvalue weighted by Crippen LogP contribution is -2.53. The van der Waals surface area contributed by atoms with Gasteiger partial charge in [0.05, 0.1) is 18.0 Å². The Bertz CT molecular complexity index is 1880. The molecule has 2 fully saturated rings. The van der Waals surface area contributed by atoms with Crippen molar-refractivity contribution in [1.29, 1.82) is 0 Å². The van der Waals surface area contributed by atoms with Crippen LogP contribution in [0.15, 0.2) is 48.5 Å². The van der Waals surface area contributed by atoms with Crippen LogP contribution in [0, 0.1) is 19.8 Å². The summed E-state index contributed by atoms with van der Waals surface area (Å²) in [7, 11) is 0. The van der Waals surface area contributed by atoms with E-state index in [1.54, 1.807) is 4.90 Å². The van der Waals surface area contributed by atoms with Crippen molar-refractivity contribution in [2.75, 3.05) is 46.0 Å². The third-order valence-corrected chi connectivity index (χ3v) is 10.3. The lowest BCUT2D eigenvalue weighted by atomic mass is 9.80. The first kappa shape index (κ1) is 36.4. The van der Waals surface area contributed by atoms with Crippen LogP contribution >= 0.6 is 0 Å². The predicted octanol–water partition coefficient (Wildman–Crippen LogP) is 6.94. The standard InChI is InChI=1S/C41H52N4O6/c1-7-50-35(46)17-16-32-27(2)36-33-10-8-9-11-34(33)45(38(36)42-28(32)3)26-29-12-14-30(15-13-29)37(31-18-24-49-25-19-31)39(47)43-20-22-44(23-21-43)40(48)51-41(4,5)6/h8-15,31,37H,7,16-26H2,1-6H3. The monoisotopic (exact) mass is 696 g/mol. The zero-order valence-electron chi connectivity index (χ0n) is 31.0. The summed E-state index contributed by atoms with van der Waals surface area (Å²) in [5, 5.41) is 2.26. The van der Waals surface area contributed by atoms with Gasteiger partial charge >= 0.3 is 12.1 Å². The maximum absolute atomic E-state index is 14.3.